The Balaban J connectivity index is 1.61. The number of Topliss-reactive ketones (excluding diaryl/α,β-unsaturated/α-hetero) is 5. The summed E-state index contributed by atoms with van der Waals surface area (Å²) in [6, 6.07) is 10.4. The van der Waals surface area contributed by atoms with Crippen molar-refractivity contribution in [2.75, 3.05) is 0 Å². The van der Waals surface area contributed by atoms with Gasteiger partial charge in [-0.15, -0.1) is 0 Å². The first-order valence-electron chi connectivity index (χ1n) is 17.0. The van der Waals surface area contributed by atoms with E-state index in [0.717, 1.165) is 18.1 Å². The molecule has 0 heterocycles. The van der Waals surface area contributed by atoms with Crippen LogP contribution in [0.4, 0.5) is 0 Å². The molecule has 7 heteroatoms. The van der Waals surface area contributed by atoms with E-state index in [0.29, 0.717) is 24.0 Å². The molecule has 5 rings (SSSR count). The Hall–Kier alpha value is -3.45. The lowest BCUT2D eigenvalue weighted by molar-refractivity contribution is -0.205. The SMILES string of the molecule is CC(=O)C1C(=O)C(C(C)C)[C@@]2(C)C[C@@]3(C)Cc4c(C(C)C)cc(CCc5ccc(C(C)(C)C)cc5)c(O)c4C(=O)C3C(=O)[C@@]2(O)C1=O. The van der Waals surface area contributed by atoms with Crippen molar-refractivity contribution in [1.29, 1.82) is 0 Å². The van der Waals surface area contributed by atoms with E-state index in [-0.39, 0.29) is 41.4 Å². The first-order chi connectivity index (χ1) is 21.6. The molecule has 0 radical (unpaired) electrons. The van der Waals surface area contributed by atoms with E-state index in [9.17, 15) is 34.2 Å². The normalized spacial score (nSPS) is 30.8. The minimum Gasteiger partial charge on any atom is -0.507 e. The smallest absolute Gasteiger partial charge is 0.190 e. The number of phenols is 1. The summed E-state index contributed by atoms with van der Waals surface area (Å²) in [5.41, 5.74) is -0.642. The van der Waals surface area contributed by atoms with Gasteiger partial charge in [0.15, 0.2) is 28.7 Å². The molecule has 252 valence electrons. The fourth-order valence-corrected chi connectivity index (χ4v) is 9.45. The number of carbonyl (C=O) groups is 5. The number of aryl methyl sites for hydroxylation is 2. The maximum absolute atomic E-state index is 14.6. The summed E-state index contributed by atoms with van der Waals surface area (Å²) in [7, 11) is 0. The zero-order chi connectivity index (χ0) is 35.2. The third-order valence-electron chi connectivity index (χ3n) is 11.6. The van der Waals surface area contributed by atoms with E-state index in [2.05, 4.69) is 45.0 Å². The lowest BCUT2D eigenvalue weighted by Crippen LogP contribution is -2.76. The van der Waals surface area contributed by atoms with E-state index in [4.69, 9.17) is 0 Å². The predicted molar refractivity (Wildman–Crippen MR) is 180 cm³/mol. The molecule has 0 saturated heterocycles. The second-order valence-electron chi connectivity index (χ2n) is 16.8. The molecule has 2 aromatic carbocycles. The molecular formula is C40H50O7. The Morgan fingerprint density at radius 2 is 1.55 bits per heavy atom. The summed E-state index contributed by atoms with van der Waals surface area (Å²) in [4.78, 5) is 69.5. The van der Waals surface area contributed by atoms with E-state index in [1.165, 1.54) is 5.56 Å². The Kier molecular flexibility index (Phi) is 8.40. The van der Waals surface area contributed by atoms with Crippen molar-refractivity contribution in [2.45, 2.75) is 112 Å². The third-order valence-corrected chi connectivity index (χ3v) is 11.6. The van der Waals surface area contributed by atoms with E-state index < -0.39 is 63.1 Å². The van der Waals surface area contributed by atoms with Crippen molar-refractivity contribution in [3.8, 4) is 5.75 Å². The first-order valence-corrected chi connectivity index (χ1v) is 17.0. The van der Waals surface area contributed by atoms with Crippen molar-refractivity contribution in [3.63, 3.8) is 0 Å². The Labute approximate surface area is 278 Å². The second kappa shape index (κ2) is 11.3. The number of aliphatic hydroxyl groups is 1. The number of hydrogen-bond donors (Lipinski definition) is 2. The van der Waals surface area contributed by atoms with Crippen LogP contribution in [0.25, 0.3) is 0 Å². The summed E-state index contributed by atoms with van der Waals surface area (Å²) in [5.74, 6) is -8.66. The van der Waals surface area contributed by atoms with Gasteiger partial charge in [-0.1, -0.05) is 92.6 Å². The van der Waals surface area contributed by atoms with Crippen LogP contribution in [-0.4, -0.2) is 44.7 Å². The molecule has 0 bridgehead atoms. The standard InChI is InChI=1S/C40H50O7/c1-20(2)26-17-24(14-11-23-12-15-25(16-13-23)37(6,7)8)32(42)29-27(26)18-38(9)19-39(10)30(21(3)4)33(43)28(22(5)41)35(45)40(39,47)36(46)31(38)34(29)44/h12-13,15-17,20-21,28,30-31,42,47H,11,14,18-19H2,1-10H3/t28?,30?,31?,38-,39-,40+/m1/s1. The maximum atomic E-state index is 14.6. The van der Waals surface area contributed by atoms with Gasteiger partial charge < -0.3 is 10.2 Å². The molecule has 0 spiro atoms. The van der Waals surface area contributed by atoms with Crippen LogP contribution in [0.2, 0.25) is 0 Å². The van der Waals surface area contributed by atoms with Gasteiger partial charge in [0.2, 0.25) is 0 Å². The molecule has 3 unspecified atom stereocenters. The zero-order valence-corrected chi connectivity index (χ0v) is 29.5. The minimum atomic E-state index is -2.70. The van der Waals surface area contributed by atoms with E-state index in [1.807, 2.05) is 26.8 Å². The fraction of sp³-hybridized carbons (Fsp3) is 0.575. The second-order valence-corrected chi connectivity index (χ2v) is 16.8. The molecule has 2 N–H and O–H groups in total. The summed E-state index contributed by atoms with van der Waals surface area (Å²) >= 11 is 0. The number of phenolic OH excluding ortho intramolecular Hbond substituents is 1. The average molecular weight is 643 g/mol. The lowest BCUT2D eigenvalue weighted by Gasteiger charge is -2.62. The van der Waals surface area contributed by atoms with Gasteiger partial charge in [-0.25, -0.2) is 0 Å². The number of aromatic hydroxyl groups is 1. The number of rotatable bonds is 6. The number of benzene rings is 2. The van der Waals surface area contributed by atoms with E-state index >= 15 is 0 Å². The maximum Gasteiger partial charge on any atom is 0.190 e. The Bertz CT molecular complexity index is 1690. The van der Waals surface area contributed by atoms with Gasteiger partial charge in [0.05, 0.1) is 11.5 Å². The molecule has 7 nitrogen and oxygen atoms in total. The van der Waals surface area contributed by atoms with Gasteiger partial charge >= 0.3 is 0 Å². The highest BCUT2D eigenvalue weighted by Gasteiger charge is 2.76. The molecule has 47 heavy (non-hydrogen) atoms. The van der Waals surface area contributed by atoms with Crippen LogP contribution in [0, 0.1) is 34.5 Å². The number of fused-ring (bicyclic) bond motifs is 3. The van der Waals surface area contributed by atoms with Gasteiger partial charge in [0, 0.05) is 11.3 Å². The van der Waals surface area contributed by atoms with Crippen LogP contribution in [0.3, 0.4) is 0 Å². The van der Waals surface area contributed by atoms with Gasteiger partial charge in [-0.2, -0.15) is 0 Å². The quantitative estimate of drug-likeness (QED) is 0.354. The zero-order valence-electron chi connectivity index (χ0n) is 29.5. The number of carbonyl (C=O) groups excluding carboxylic acids is 5. The largest absolute Gasteiger partial charge is 0.507 e. The van der Waals surface area contributed by atoms with Crippen LogP contribution in [-0.2, 0) is 43.9 Å². The van der Waals surface area contributed by atoms with Crippen molar-refractivity contribution >= 4 is 28.9 Å². The summed E-state index contributed by atoms with van der Waals surface area (Å²) in [6.45, 7) is 18.7. The van der Waals surface area contributed by atoms with Gasteiger partial charge in [0.25, 0.3) is 0 Å². The summed E-state index contributed by atoms with van der Waals surface area (Å²) < 4.78 is 0. The van der Waals surface area contributed by atoms with E-state index in [1.54, 1.807) is 20.8 Å². The summed E-state index contributed by atoms with van der Waals surface area (Å²) in [6.07, 6.45) is 1.41. The number of hydrogen-bond acceptors (Lipinski definition) is 7. The van der Waals surface area contributed by atoms with Gasteiger partial charge in [-0.3, -0.25) is 24.0 Å². The highest BCUT2D eigenvalue weighted by molar-refractivity contribution is 6.32. The topological polar surface area (TPSA) is 126 Å². The van der Waals surface area contributed by atoms with Crippen LogP contribution in [0.5, 0.6) is 5.75 Å². The molecule has 2 saturated carbocycles. The summed E-state index contributed by atoms with van der Waals surface area (Å²) in [5, 5.41) is 24.0. The van der Waals surface area contributed by atoms with Crippen LogP contribution in [0.1, 0.15) is 120 Å². The highest BCUT2D eigenvalue weighted by Crippen LogP contribution is 2.64. The van der Waals surface area contributed by atoms with Crippen LogP contribution in [0.15, 0.2) is 30.3 Å². The van der Waals surface area contributed by atoms with Crippen LogP contribution < -0.4 is 0 Å². The molecular weight excluding hydrogens is 592 g/mol. The molecule has 3 aliphatic carbocycles. The highest BCUT2D eigenvalue weighted by atomic mass is 16.3. The molecule has 0 aromatic heterocycles. The molecule has 0 aliphatic heterocycles. The molecule has 2 fully saturated rings. The lowest BCUT2D eigenvalue weighted by atomic mass is 9.39. The van der Waals surface area contributed by atoms with Crippen molar-refractivity contribution in [2.24, 2.45) is 34.5 Å². The fourth-order valence-electron chi connectivity index (χ4n) is 9.45. The Morgan fingerprint density at radius 1 is 0.957 bits per heavy atom. The molecule has 0 amide bonds. The molecule has 3 aliphatic rings. The Morgan fingerprint density at radius 3 is 2.06 bits per heavy atom. The minimum absolute atomic E-state index is 0.00602. The predicted octanol–water partition coefficient (Wildman–Crippen LogP) is 6.30. The third kappa shape index (κ3) is 5.06. The monoisotopic (exact) mass is 642 g/mol. The van der Waals surface area contributed by atoms with Crippen LogP contribution >= 0.6 is 0 Å². The van der Waals surface area contributed by atoms with Crippen molar-refractivity contribution < 1.29 is 34.2 Å². The first kappa shape index (κ1) is 34.9. The van der Waals surface area contributed by atoms with Crippen molar-refractivity contribution in [1.82, 2.24) is 0 Å². The van der Waals surface area contributed by atoms with Crippen molar-refractivity contribution in [3.05, 3.63) is 63.7 Å². The van der Waals surface area contributed by atoms with Gasteiger partial charge in [-0.05, 0) is 83.1 Å². The average Bonchev–Trinajstić information content (AvgIpc) is 2.93. The van der Waals surface area contributed by atoms with Gasteiger partial charge in [0.1, 0.15) is 17.5 Å². The number of ketones is 5. The molecule has 6 atom stereocenters. The molecule has 2 aromatic rings.